The Hall–Kier alpha value is -3.15. The Morgan fingerprint density at radius 3 is 2.43 bits per heavy atom. The van der Waals surface area contributed by atoms with Crippen LogP contribution in [0.2, 0.25) is 0 Å². The molecule has 3 aromatic rings. The van der Waals surface area contributed by atoms with Crippen LogP contribution in [0, 0.1) is 0 Å². The highest BCUT2D eigenvalue weighted by atomic mass is 16.2. The molecule has 0 radical (unpaired) electrons. The molecule has 1 N–H and O–H groups in total. The monoisotopic (exact) mass is 309 g/mol. The molecule has 1 heterocycles. The number of hydrogen-bond donors (Lipinski definition) is 1. The molecule has 0 atom stereocenters. The maximum Gasteiger partial charge on any atom is 0.332 e. The number of carbonyl (C=O) groups is 1. The van der Waals surface area contributed by atoms with Crippen LogP contribution in [0.1, 0.15) is 10.4 Å². The Bertz CT molecular complexity index is 1030. The van der Waals surface area contributed by atoms with Crippen molar-refractivity contribution in [3.8, 4) is 0 Å². The van der Waals surface area contributed by atoms with E-state index in [2.05, 4.69) is 5.32 Å². The largest absolute Gasteiger partial charge is 0.332 e. The summed E-state index contributed by atoms with van der Waals surface area (Å²) in [5.74, 6) is -0.207. The van der Waals surface area contributed by atoms with Crippen LogP contribution in [-0.2, 0) is 14.1 Å². The fourth-order valence-electron chi connectivity index (χ4n) is 2.46. The molecular weight excluding hydrogens is 294 g/mol. The van der Waals surface area contributed by atoms with Crippen molar-refractivity contribution in [2.75, 3.05) is 5.32 Å². The molecule has 116 valence electrons. The van der Waals surface area contributed by atoms with Crippen molar-refractivity contribution in [1.29, 1.82) is 0 Å². The maximum atomic E-state index is 12.6. The van der Waals surface area contributed by atoms with Crippen LogP contribution in [0.4, 0.5) is 5.82 Å². The van der Waals surface area contributed by atoms with E-state index >= 15 is 0 Å². The molecule has 0 aliphatic carbocycles. The highest BCUT2D eigenvalue weighted by molar-refractivity contribution is 6.12. The lowest BCUT2D eigenvalue weighted by molar-refractivity contribution is 0.102. The Balaban J connectivity index is 2.06. The summed E-state index contributed by atoms with van der Waals surface area (Å²) in [6.07, 6.45) is 0. The minimum Gasteiger partial charge on any atom is -0.308 e. The number of hydrogen-bond acceptors (Lipinski definition) is 3. The number of rotatable bonds is 2. The zero-order chi connectivity index (χ0) is 16.6. The molecule has 1 aromatic heterocycles. The summed E-state index contributed by atoms with van der Waals surface area (Å²) < 4.78 is 2.21. The van der Waals surface area contributed by atoms with Gasteiger partial charge in [-0.15, -0.1) is 0 Å². The maximum absolute atomic E-state index is 12.6. The number of nitrogens with one attached hydrogen (secondary N) is 1. The van der Waals surface area contributed by atoms with Crippen LogP contribution in [0.25, 0.3) is 10.8 Å². The summed E-state index contributed by atoms with van der Waals surface area (Å²) in [6.45, 7) is 0. The van der Waals surface area contributed by atoms with E-state index in [0.717, 1.165) is 15.3 Å². The van der Waals surface area contributed by atoms with Crippen LogP contribution < -0.4 is 16.6 Å². The van der Waals surface area contributed by atoms with Crippen LogP contribution >= 0.6 is 0 Å². The van der Waals surface area contributed by atoms with Gasteiger partial charge >= 0.3 is 5.69 Å². The second-order valence-corrected chi connectivity index (χ2v) is 5.25. The van der Waals surface area contributed by atoms with Gasteiger partial charge in [-0.2, -0.15) is 0 Å². The summed E-state index contributed by atoms with van der Waals surface area (Å²) in [6, 6.07) is 14.2. The van der Waals surface area contributed by atoms with Crippen molar-refractivity contribution < 1.29 is 4.79 Å². The normalized spacial score (nSPS) is 10.7. The Morgan fingerprint density at radius 1 is 0.957 bits per heavy atom. The van der Waals surface area contributed by atoms with Gasteiger partial charge in [0.2, 0.25) is 0 Å². The summed E-state index contributed by atoms with van der Waals surface area (Å²) >= 11 is 0. The lowest BCUT2D eigenvalue weighted by atomic mass is 10.0. The molecule has 0 fully saturated rings. The summed E-state index contributed by atoms with van der Waals surface area (Å²) in [5, 5.41) is 4.39. The number of carbonyl (C=O) groups excluding carboxylic acids is 1. The second-order valence-electron chi connectivity index (χ2n) is 5.25. The summed E-state index contributed by atoms with van der Waals surface area (Å²) in [4.78, 5) is 36.2. The molecule has 23 heavy (non-hydrogen) atoms. The number of anilines is 1. The van der Waals surface area contributed by atoms with E-state index in [1.807, 2.05) is 30.3 Å². The molecule has 0 spiro atoms. The first-order valence-electron chi connectivity index (χ1n) is 7.05. The number of benzene rings is 2. The topological polar surface area (TPSA) is 73.1 Å². The minimum absolute atomic E-state index is 0.163. The highest BCUT2D eigenvalue weighted by Crippen LogP contribution is 2.19. The Kier molecular flexibility index (Phi) is 3.57. The van der Waals surface area contributed by atoms with Gasteiger partial charge in [0.1, 0.15) is 5.82 Å². The van der Waals surface area contributed by atoms with Crippen LogP contribution in [-0.4, -0.2) is 15.0 Å². The molecule has 2 aromatic carbocycles. The van der Waals surface area contributed by atoms with E-state index in [9.17, 15) is 14.4 Å². The SMILES string of the molecule is Cn1c(NC(=O)c2cccc3ccccc23)cc(=O)n(C)c1=O. The lowest BCUT2D eigenvalue weighted by Gasteiger charge is -2.12. The molecule has 3 rings (SSSR count). The summed E-state index contributed by atoms with van der Waals surface area (Å²) in [7, 11) is 2.89. The third kappa shape index (κ3) is 2.55. The Labute approximate surface area is 131 Å². The number of nitrogens with zero attached hydrogens (tertiary/aromatic N) is 2. The summed E-state index contributed by atoms with van der Waals surface area (Å²) in [5.41, 5.74) is -0.483. The van der Waals surface area contributed by atoms with Gasteiger partial charge in [-0.1, -0.05) is 36.4 Å². The fraction of sp³-hybridized carbons (Fsp3) is 0.118. The van der Waals surface area contributed by atoms with Crippen LogP contribution in [0.5, 0.6) is 0 Å². The lowest BCUT2D eigenvalue weighted by Crippen LogP contribution is -2.38. The predicted octanol–water partition coefficient (Wildman–Crippen LogP) is 1.49. The van der Waals surface area contributed by atoms with Crippen molar-refractivity contribution in [3.63, 3.8) is 0 Å². The number of aromatic nitrogens is 2. The van der Waals surface area contributed by atoms with Gasteiger partial charge in [0.15, 0.2) is 0 Å². The molecule has 1 amide bonds. The molecule has 0 bridgehead atoms. The van der Waals surface area contributed by atoms with Gasteiger partial charge in [-0.3, -0.25) is 18.7 Å². The van der Waals surface area contributed by atoms with Gasteiger partial charge in [-0.25, -0.2) is 4.79 Å². The highest BCUT2D eigenvalue weighted by Gasteiger charge is 2.13. The zero-order valence-electron chi connectivity index (χ0n) is 12.7. The molecule has 0 saturated carbocycles. The van der Waals surface area contributed by atoms with Gasteiger partial charge in [0.05, 0.1) is 0 Å². The van der Waals surface area contributed by atoms with Crippen molar-refractivity contribution in [2.45, 2.75) is 0 Å². The standard InChI is InChI=1S/C17H15N3O3/c1-19-14(10-15(21)20(2)17(19)23)18-16(22)13-9-5-7-11-6-3-4-8-12(11)13/h3-10H,1-2H3,(H,18,22). The fourth-order valence-corrected chi connectivity index (χ4v) is 2.46. The van der Waals surface area contributed by atoms with E-state index < -0.39 is 11.2 Å². The molecular formula is C17H15N3O3. The van der Waals surface area contributed by atoms with Crippen molar-refractivity contribution in [3.05, 3.63) is 74.9 Å². The first-order chi connectivity index (χ1) is 11.0. The number of fused-ring (bicyclic) bond motifs is 1. The van der Waals surface area contributed by atoms with E-state index in [1.165, 1.54) is 24.7 Å². The van der Waals surface area contributed by atoms with Crippen LogP contribution in [0.3, 0.4) is 0 Å². The van der Waals surface area contributed by atoms with Gasteiger partial charge < -0.3 is 5.32 Å². The zero-order valence-corrected chi connectivity index (χ0v) is 12.7. The first kappa shape index (κ1) is 14.8. The van der Waals surface area contributed by atoms with Crippen molar-refractivity contribution in [2.24, 2.45) is 14.1 Å². The van der Waals surface area contributed by atoms with E-state index in [-0.39, 0.29) is 11.7 Å². The third-order valence-electron chi connectivity index (χ3n) is 3.80. The van der Waals surface area contributed by atoms with Gasteiger partial charge in [0.25, 0.3) is 11.5 Å². The predicted molar refractivity (Wildman–Crippen MR) is 88.8 cm³/mol. The molecule has 0 aliphatic heterocycles. The van der Waals surface area contributed by atoms with E-state index in [0.29, 0.717) is 5.56 Å². The van der Waals surface area contributed by atoms with Gasteiger partial charge in [0, 0.05) is 25.7 Å². The average Bonchev–Trinajstić information content (AvgIpc) is 2.57. The second kappa shape index (κ2) is 5.57. The smallest absolute Gasteiger partial charge is 0.308 e. The van der Waals surface area contributed by atoms with E-state index in [4.69, 9.17) is 0 Å². The van der Waals surface area contributed by atoms with Crippen molar-refractivity contribution in [1.82, 2.24) is 9.13 Å². The Morgan fingerprint density at radius 2 is 1.65 bits per heavy atom. The quantitative estimate of drug-likeness (QED) is 0.779. The molecule has 0 unspecified atom stereocenters. The van der Waals surface area contributed by atoms with Crippen molar-refractivity contribution >= 4 is 22.5 Å². The van der Waals surface area contributed by atoms with Gasteiger partial charge in [-0.05, 0) is 16.8 Å². The molecule has 6 nitrogen and oxygen atoms in total. The third-order valence-corrected chi connectivity index (χ3v) is 3.80. The molecule has 0 aliphatic rings. The van der Waals surface area contributed by atoms with E-state index in [1.54, 1.807) is 12.1 Å². The minimum atomic E-state index is -0.495. The molecule has 0 saturated heterocycles. The van der Waals surface area contributed by atoms with Crippen LogP contribution in [0.15, 0.2) is 58.1 Å². The molecule has 6 heteroatoms. The average molecular weight is 309 g/mol. The number of amides is 1. The first-order valence-corrected chi connectivity index (χ1v) is 7.05.